The molecule has 4 N–H and O–H groups in total. The third-order valence-corrected chi connectivity index (χ3v) is 7.20. The highest BCUT2D eigenvalue weighted by Crippen LogP contribution is 2.45. The monoisotopic (exact) mass is 403 g/mol. The van der Waals surface area contributed by atoms with Crippen molar-refractivity contribution in [2.45, 2.75) is 56.9 Å². The van der Waals surface area contributed by atoms with Crippen LogP contribution in [0.5, 0.6) is 5.75 Å². The number of hydrogen-bond donors (Lipinski definition) is 2. The molecule has 0 amide bonds. The molecule has 1 unspecified atom stereocenters. The number of fused-ring (bicyclic) bond motifs is 1. The molecular weight excluding hydrogens is 370 g/mol. The van der Waals surface area contributed by atoms with Crippen LogP contribution in [-0.2, 0) is 11.8 Å². The van der Waals surface area contributed by atoms with Gasteiger partial charge in [-0.2, -0.15) is 0 Å². The van der Waals surface area contributed by atoms with Crippen molar-refractivity contribution in [3.8, 4) is 5.75 Å². The molecule has 0 saturated heterocycles. The van der Waals surface area contributed by atoms with Gasteiger partial charge >= 0.3 is 0 Å². The number of rotatable bonds is 6. The average Bonchev–Trinajstić information content (AvgIpc) is 2.79. The summed E-state index contributed by atoms with van der Waals surface area (Å²) in [6.45, 7) is 2.21. The largest absolute Gasteiger partial charge is 0.497 e. The highest BCUT2D eigenvalue weighted by molar-refractivity contribution is 5.91. The minimum absolute atomic E-state index is 0.0705. The summed E-state index contributed by atoms with van der Waals surface area (Å²) in [7, 11) is 1.71. The minimum atomic E-state index is 0.0705. The molecule has 3 aromatic rings. The van der Waals surface area contributed by atoms with E-state index in [0.29, 0.717) is 11.7 Å². The number of nitrogens with zero attached hydrogens (tertiary/aromatic N) is 1. The Bertz CT molecular complexity index is 991. The molecule has 1 aromatic heterocycles. The lowest BCUT2D eigenvalue weighted by Gasteiger charge is -2.45. The Kier molecular flexibility index (Phi) is 5.96. The van der Waals surface area contributed by atoms with E-state index < -0.39 is 0 Å². The van der Waals surface area contributed by atoms with Crippen molar-refractivity contribution in [2.24, 2.45) is 11.7 Å². The third kappa shape index (κ3) is 3.89. The fourth-order valence-electron chi connectivity index (χ4n) is 5.30. The second-order valence-corrected chi connectivity index (χ2v) is 8.80. The molecule has 4 heteroatoms. The van der Waals surface area contributed by atoms with E-state index in [0.717, 1.165) is 36.8 Å². The SMILES string of the molecule is CCC(N)C1(c2ccc(OC)cc2)CCC(Cc2ccc3c(N)nccc3c2)CC1. The van der Waals surface area contributed by atoms with Gasteiger partial charge in [0.25, 0.3) is 0 Å². The minimum Gasteiger partial charge on any atom is -0.497 e. The van der Waals surface area contributed by atoms with E-state index in [9.17, 15) is 0 Å². The maximum atomic E-state index is 6.71. The van der Waals surface area contributed by atoms with Crippen molar-refractivity contribution in [2.75, 3.05) is 12.8 Å². The molecule has 0 aliphatic heterocycles. The van der Waals surface area contributed by atoms with E-state index in [2.05, 4.69) is 54.4 Å². The van der Waals surface area contributed by atoms with Crippen LogP contribution in [0.1, 0.15) is 50.2 Å². The molecule has 1 heterocycles. The molecule has 1 atom stereocenters. The molecule has 2 aromatic carbocycles. The van der Waals surface area contributed by atoms with Gasteiger partial charge in [0.15, 0.2) is 0 Å². The van der Waals surface area contributed by atoms with Crippen LogP contribution < -0.4 is 16.2 Å². The van der Waals surface area contributed by atoms with E-state index in [-0.39, 0.29) is 11.5 Å². The zero-order valence-corrected chi connectivity index (χ0v) is 18.1. The number of nitrogens with two attached hydrogens (primary N) is 2. The molecule has 1 saturated carbocycles. The fraction of sp³-hybridized carbons (Fsp3) is 0.423. The lowest BCUT2D eigenvalue weighted by Crippen LogP contribution is -2.47. The van der Waals surface area contributed by atoms with Gasteiger partial charge in [-0.3, -0.25) is 0 Å². The number of benzene rings is 2. The van der Waals surface area contributed by atoms with Gasteiger partial charge in [0, 0.05) is 23.0 Å². The second-order valence-electron chi connectivity index (χ2n) is 8.80. The van der Waals surface area contributed by atoms with Gasteiger partial charge in [-0.05, 0) is 79.2 Å². The van der Waals surface area contributed by atoms with Gasteiger partial charge in [0.2, 0.25) is 0 Å². The van der Waals surface area contributed by atoms with Crippen LogP contribution in [0.3, 0.4) is 0 Å². The molecule has 4 nitrogen and oxygen atoms in total. The van der Waals surface area contributed by atoms with E-state index >= 15 is 0 Å². The number of ether oxygens (including phenoxy) is 1. The number of hydrogen-bond acceptors (Lipinski definition) is 4. The van der Waals surface area contributed by atoms with Gasteiger partial charge in [-0.15, -0.1) is 0 Å². The first-order valence-corrected chi connectivity index (χ1v) is 11.1. The Labute approximate surface area is 179 Å². The summed E-state index contributed by atoms with van der Waals surface area (Å²) in [6.07, 6.45) is 8.59. The van der Waals surface area contributed by atoms with Crippen molar-refractivity contribution >= 4 is 16.6 Å². The van der Waals surface area contributed by atoms with Crippen LogP contribution in [0.2, 0.25) is 0 Å². The number of aromatic nitrogens is 1. The zero-order chi connectivity index (χ0) is 21.1. The van der Waals surface area contributed by atoms with Crippen LogP contribution in [0.15, 0.2) is 54.7 Å². The van der Waals surface area contributed by atoms with Gasteiger partial charge < -0.3 is 16.2 Å². The van der Waals surface area contributed by atoms with Gasteiger partial charge in [-0.25, -0.2) is 4.98 Å². The molecule has 1 fully saturated rings. The molecule has 0 bridgehead atoms. The molecular formula is C26H33N3O. The molecule has 0 radical (unpaired) electrons. The first kappa shape index (κ1) is 20.7. The predicted octanol–water partition coefficient (Wildman–Crippen LogP) is 5.23. The van der Waals surface area contributed by atoms with Crippen molar-refractivity contribution in [1.29, 1.82) is 0 Å². The summed E-state index contributed by atoms with van der Waals surface area (Å²) in [5.41, 5.74) is 15.5. The summed E-state index contributed by atoms with van der Waals surface area (Å²) < 4.78 is 5.35. The molecule has 4 rings (SSSR count). The maximum Gasteiger partial charge on any atom is 0.131 e. The second kappa shape index (κ2) is 8.65. The Hall–Kier alpha value is -2.59. The molecule has 0 spiro atoms. The third-order valence-electron chi connectivity index (χ3n) is 7.20. The summed E-state index contributed by atoms with van der Waals surface area (Å²) in [5, 5.41) is 2.22. The Morgan fingerprint density at radius 1 is 1.10 bits per heavy atom. The average molecular weight is 404 g/mol. The predicted molar refractivity (Wildman–Crippen MR) is 125 cm³/mol. The van der Waals surface area contributed by atoms with Gasteiger partial charge in [0.05, 0.1) is 7.11 Å². The number of nitrogen functional groups attached to an aromatic ring is 1. The van der Waals surface area contributed by atoms with Crippen molar-refractivity contribution in [3.05, 3.63) is 65.9 Å². The van der Waals surface area contributed by atoms with E-state index in [1.165, 1.54) is 29.4 Å². The normalized spacial score (nSPS) is 22.7. The fourth-order valence-corrected chi connectivity index (χ4v) is 5.30. The van der Waals surface area contributed by atoms with Gasteiger partial charge in [0.1, 0.15) is 11.6 Å². The van der Waals surface area contributed by atoms with Crippen LogP contribution in [0.25, 0.3) is 10.8 Å². The summed E-state index contributed by atoms with van der Waals surface area (Å²) >= 11 is 0. The topological polar surface area (TPSA) is 74.2 Å². The smallest absolute Gasteiger partial charge is 0.131 e. The molecule has 30 heavy (non-hydrogen) atoms. The van der Waals surface area contributed by atoms with Crippen LogP contribution >= 0.6 is 0 Å². The number of methoxy groups -OCH3 is 1. The summed E-state index contributed by atoms with van der Waals surface area (Å²) in [5.74, 6) is 2.20. The lowest BCUT2D eigenvalue weighted by atomic mass is 9.62. The van der Waals surface area contributed by atoms with Crippen molar-refractivity contribution < 1.29 is 4.74 Å². The van der Waals surface area contributed by atoms with Gasteiger partial charge in [-0.1, -0.05) is 37.3 Å². The Morgan fingerprint density at radius 3 is 2.50 bits per heavy atom. The highest BCUT2D eigenvalue weighted by Gasteiger charge is 2.40. The first-order chi connectivity index (χ1) is 14.6. The zero-order valence-electron chi connectivity index (χ0n) is 18.1. The Balaban J connectivity index is 1.50. The van der Waals surface area contributed by atoms with Crippen molar-refractivity contribution in [3.63, 3.8) is 0 Å². The first-order valence-electron chi connectivity index (χ1n) is 11.1. The lowest BCUT2D eigenvalue weighted by molar-refractivity contribution is 0.191. The molecule has 1 aliphatic rings. The summed E-state index contributed by atoms with van der Waals surface area (Å²) in [4.78, 5) is 4.19. The van der Waals surface area contributed by atoms with E-state index in [1.807, 2.05) is 6.07 Å². The standard InChI is InChI=1S/C26H33N3O/c1-3-24(27)26(21-5-7-22(30-2)8-6-21)13-10-18(11-14-26)16-19-4-9-23-20(17-19)12-15-29-25(23)28/h4-9,12,15,17-18,24H,3,10-11,13-14,16,27H2,1-2H3,(H2,28,29). The number of anilines is 1. The molecule has 158 valence electrons. The number of pyridine rings is 1. The van der Waals surface area contributed by atoms with Crippen LogP contribution in [0, 0.1) is 5.92 Å². The van der Waals surface area contributed by atoms with E-state index in [4.69, 9.17) is 16.2 Å². The molecule has 1 aliphatic carbocycles. The van der Waals surface area contributed by atoms with Crippen LogP contribution in [0.4, 0.5) is 5.82 Å². The van der Waals surface area contributed by atoms with Crippen molar-refractivity contribution in [1.82, 2.24) is 4.98 Å². The van der Waals surface area contributed by atoms with Crippen LogP contribution in [-0.4, -0.2) is 18.1 Å². The quantitative estimate of drug-likeness (QED) is 0.591. The highest BCUT2D eigenvalue weighted by atomic mass is 16.5. The summed E-state index contributed by atoms with van der Waals surface area (Å²) in [6, 6.07) is 17.4. The Morgan fingerprint density at radius 2 is 1.83 bits per heavy atom. The van der Waals surface area contributed by atoms with E-state index in [1.54, 1.807) is 13.3 Å². The maximum absolute atomic E-state index is 6.71.